The second kappa shape index (κ2) is 7.76. The summed E-state index contributed by atoms with van der Waals surface area (Å²) in [4.78, 5) is 5.16. The molecule has 0 fully saturated rings. The predicted molar refractivity (Wildman–Crippen MR) is 106 cm³/mol. The van der Waals surface area contributed by atoms with Gasteiger partial charge in [0.05, 0.1) is 11.9 Å². The van der Waals surface area contributed by atoms with E-state index in [0.29, 0.717) is 11.3 Å². The molecule has 0 bridgehead atoms. The highest BCUT2D eigenvalue weighted by atomic mass is 79.9. The average Bonchev–Trinajstić information content (AvgIpc) is 3.03. The molecule has 0 unspecified atom stereocenters. The van der Waals surface area contributed by atoms with E-state index in [-0.39, 0.29) is 11.3 Å². The van der Waals surface area contributed by atoms with Crippen molar-refractivity contribution in [3.05, 3.63) is 56.6 Å². The summed E-state index contributed by atoms with van der Waals surface area (Å²) in [6.45, 7) is 2.55. The quantitative estimate of drug-likeness (QED) is 0.430. The smallest absolute Gasteiger partial charge is 0.206 e. The van der Waals surface area contributed by atoms with E-state index in [0.717, 1.165) is 15.7 Å². The lowest BCUT2D eigenvalue weighted by atomic mass is 10.2. The molecule has 1 aromatic heterocycles. The van der Waals surface area contributed by atoms with E-state index in [1.165, 1.54) is 29.7 Å². The maximum atomic E-state index is 9.96. The zero-order valence-corrected chi connectivity index (χ0v) is 16.2. The second-order valence-corrected chi connectivity index (χ2v) is 7.06. The van der Waals surface area contributed by atoms with Crippen molar-refractivity contribution >= 4 is 33.5 Å². The van der Waals surface area contributed by atoms with Crippen LogP contribution in [0.15, 0.2) is 56.3 Å². The summed E-state index contributed by atoms with van der Waals surface area (Å²) in [6, 6.07) is 10.6. The third-order valence-electron chi connectivity index (χ3n) is 3.59. The first-order valence-electron chi connectivity index (χ1n) is 7.76. The molecule has 134 valence electrons. The highest BCUT2D eigenvalue weighted by Crippen LogP contribution is 2.36. The van der Waals surface area contributed by atoms with E-state index >= 15 is 0 Å². The average molecular weight is 434 g/mol. The third-order valence-corrected chi connectivity index (χ3v) is 4.97. The Kier molecular flexibility index (Phi) is 5.43. The Morgan fingerprint density at radius 3 is 2.50 bits per heavy atom. The summed E-state index contributed by atoms with van der Waals surface area (Å²) in [6.07, 6.45) is 1.41. The minimum absolute atomic E-state index is 0.281. The van der Waals surface area contributed by atoms with E-state index in [1.807, 2.05) is 36.6 Å². The fourth-order valence-electron chi connectivity index (χ4n) is 2.28. The monoisotopic (exact) mass is 433 g/mol. The van der Waals surface area contributed by atoms with E-state index in [1.54, 1.807) is 4.68 Å². The first kappa shape index (κ1) is 18.2. The van der Waals surface area contributed by atoms with Crippen LogP contribution in [0, 0.1) is 0 Å². The molecule has 0 saturated carbocycles. The number of phenolic OH excluding ortho intramolecular Hbond substituents is 3. The lowest BCUT2D eigenvalue weighted by Gasteiger charge is -2.05. The van der Waals surface area contributed by atoms with Crippen molar-refractivity contribution in [3.63, 3.8) is 0 Å². The molecule has 26 heavy (non-hydrogen) atoms. The maximum absolute atomic E-state index is 9.96. The zero-order chi connectivity index (χ0) is 18.7. The highest BCUT2D eigenvalue weighted by Gasteiger charge is 2.11. The van der Waals surface area contributed by atoms with Gasteiger partial charge >= 0.3 is 0 Å². The number of phenols is 3. The lowest BCUT2D eigenvalue weighted by Crippen LogP contribution is -2.12. The Hall–Kier alpha value is -2.58. The molecule has 1 heterocycles. The first-order chi connectivity index (χ1) is 12.5. The summed E-state index contributed by atoms with van der Waals surface area (Å²) < 4.78 is 2.66. The Balaban J connectivity index is 2.09. The van der Waals surface area contributed by atoms with Gasteiger partial charge in [-0.3, -0.25) is 4.99 Å². The molecule has 2 aromatic carbocycles. The van der Waals surface area contributed by atoms with Crippen molar-refractivity contribution in [2.45, 2.75) is 6.92 Å². The summed E-state index contributed by atoms with van der Waals surface area (Å²) in [5.74, 6) is -1.39. The van der Waals surface area contributed by atoms with E-state index in [2.05, 4.69) is 26.0 Å². The minimum atomic E-state index is -0.573. The van der Waals surface area contributed by atoms with Gasteiger partial charge in [0.15, 0.2) is 11.5 Å². The lowest BCUT2D eigenvalue weighted by molar-refractivity contribution is 0.367. The molecule has 3 aromatic rings. The van der Waals surface area contributed by atoms with Crippen molar-refractivity contribution in [2.24, 2.45) is 10.1 Å². The van der Waals surface area contributed by atoms with Crippen LogP contribution in [0.4, 0.5) is 0 Å². The number of aromatic hydroxyl groups is 3. The van der Waals surface area contributed by atoms with Crippen molar-refractivity contribution < 1.29 is 15.3 Å². The Labute approximate surface area is 162 Å². The van der Waals surface area contributed by atoms with Gasteiger partial charge in [0.1, 0.15) is 0 Å². The number of thiazole rings is 1. The van der Waals surface area contributed by atoms with Crippen molar-refractivity contribution in [2.75, 3.05) is 6.54 Å². The van der Waals surface area contributed by atoms with E-state index < -0.39 is 11.5 Å². The van der Waals surface area contributed by atoms with Crippen LogP contribution >= 0.6 is 27.3 Å². The SMILES string of the molecule is CCN=c1scc(-c2ccc(Br)cc2)n1/N=C/c1ccc(O)c(O)c1O. The molecule has 8 heteroatoms. The van der Waals surface area contributed by atoms with Gasteiger partial charge in [-0.1, -0.05) is 28.1 Å². The van der Waals surface area contributed by atoms with Crippen LogP contribution < -0.4 is 4.80 Å². The molecule has 6 nitrogen and oxygen atoms in total. The number of rotatable bonds is 4. The summed E-state index contributed by atoms with van der Waals surface area (Å²) in [7, 11) is 0. The molecule has 0 aliphatic heterocycles. The zero-order valence-electron chi connectivity index (χ0n) is 13.8. The first-order valence-corrected chi connectivity index (χ1v) is 9.43. The largest absolute Gasteiger partial charge is 0.504 e. The molecule has 0 radical (unpaired) electrons. The minimum Gasteiger partial charge on any atom is -0.504 e. The standard InChI is InChI=1S/C18H16BrN3O3S/c1-2-20-18-22(14(10-26-18)11-3-6-13(19)7-4-11)21-9-12-5-8-15(23)17(25)16(12)24/h3-10,23-25H,2H2,1H3/b20-18?,21-9+. The van der Waals surface area contributed by atoms with Gasteiger partial charge in [-0.2, -0.15) is 5.10 Å². The molecular weight excluding hydrogens is 418 g/mol. The van der Waals surface area contributed by atoms with Gasteiger partial charge in [0, 0.05) is 27.5 Å². The van der Waals surface area contributed by atoms with Crippen LogP contribution in [0.25, 0.3) is 11.3 Å². The maximum Gasteiger partial charge on any atom is 0.206 e. The molecule has 3 N–H and O–H groups in total. The number of hydrogen-bond acceptors (Lipinski definition) is 6. The van der Waals surface area contributed by atoms with Gasteiger partial charge in [0.25, 0.3) is 0 Å². The van der Waals surface area contributed by atoms with Crippen molar-refractivity contribution in [3.8, 4) is 28.5 Å². The molecule has 0 amide bonds. The van der Waals surface area contributed by atoms with Gasteiger partial charge in [-0.15, -0.1) is 11.3 Å². The molecular formula is C18H16BrN3O3S. The number of aromatic nitrogens is 1. The van der Waals surface area contributed by atoms with Crippen molar-refractivity contribution in [1.29, 1.82) is 0 Å². The van der Waals surface area contributed by atoms with Crippen LogP contribution in [-0.4, -0.2) is 32.8 Å². The van der Waals surface area contributed by atoms with Gasteiger partial charge < -0.3 is 15.3 Å². The molecule has 0 saturated heterocycles. The summed E-state index contributed by atoms with van der Waals surface area (Å²) in [5.41, 5.74) is 2.11. The Morgan fingerprint density at radius 2 is 1.81 bits per heavy atom. The van der Waals surface area contributed by atoms with Crippen LogP contribution in [0.5, 0.6) is 17.2 Å². The van der Waals surface area contributed by atoms with Crippen LogP contribution in [-0.2, 0) is 0 Å². The molecule has 0 aliphatic rings. The fourth-order valence-corrected chi connectivity index (χ4v) is 3.45. The molecule has 0 atom stereocenters. The van der Waals surface area contributed by atoms with Gasteiger partial charge in [0.2, 0.25) is 10.6 Å². The molecule has 0 spiro atoms. The number of halogens is 1. The third kappa shape index (κ3) is 3.66. The normalized spacial score (nSPS) is 12.2. The van der Waals surface area contributed by atoms with E-state index in [4.69, 9.17) is 0 Å². The molecule has 0 aliphatic carbocycles. The highest BCUT2D eigenvalue weighted by molar-refractivity contribution is 9.10. The Morgan fingerprint density at radius 1 is 1.08 bits per heavy atom. The molecule has 3 rings (SSSR count). The number of benzene rings is 2. The fraction of sp³-hybridized carbons (Fsp3) is 0.111. The number of hydrogen-bond donors (Lipinski definition) is 3. The van der Waals surface area contributed by atoms with Gasteiger partial charge in [-0.25, -0.2) is 4.68 Å². The summed E-state index contributed by atoms with van der Waals surface area (Å²) in [5, 5.41) is 35.4. The van der Waals surface area contributed by atoms with E-state index in [9.17, 15) is 15.3 Å². The van der Waals surface area contributed by atoms with Crippen LogP contribution in [0.1, 0.15) is 12.5 Å². The van der Waals surface area contributed by atoms with Crippen LogP contribution in [0.2, 0.25) is 0 Å². The van der Waals surface area contributed by atoms with Gasteiger partial charge in [-0.05, 0) is 31.2 Å². The Bertz CT molecular complexity index is 1020. The van der Waals surface area contributed by atoms with Crippen molar-refractivity contribution in [1.82, 2.24) is 4.68 Å². The topological polar surface area (TPSA) is 90.3 Å². The predicted octanol–water partition coefficient (Wildman–Crippen LogP) is 3.90. The number of nitrogens with zero attached hydrogens (tertiary/aromatic N) is 3. The van der Waals surface area contributed by atoms with Crippen LogP contribution in [0.3, 0.4) is 0 Å². The second-order valence-electron chi connectivity index (χ2n) is 5.31. The summed E-state index contributed by atoms with van der Waals surface area (Å²) >= 11 is 4.89.